The molecule has 0 unspecified atom stereocenters. The van der Waals surface area contributed by atoms with Gasteiger partial charge in [0.25, 0.3) is 5.91 Å². The number of ether oxygens (including phenoxy) is 1. The molecule has 0 saturated heterocycles. The Morgan fingerprint density at radius 2 is 2.50 bits per heavy atom. The van der Waals surface area contributed by atoms with E-state index in [9.17, 15) is 9.59 Å². The molecule has 0 aromatic heterocycles. The van der Waals surface area contributed by atoms with E-state index < -0.39 is 12.0 Å². The molecule has 6 nitrogen and oxygen atoms in total. The molecule has 0 spiro atoms. The van der Waals surface area contributed by atoms with Crippen molar-refractivity contribution in [3.05, 3.63) is 0 Å². The van der Waals surface area contributed by atoms with Crippen LogP contribution in [0.3, 0.4) is 0 Å². The lowest BCUT2D eigenvalue weighted by molar-refractivity contribution is -0.127. The van der Waals surface area contributed by atoms with Gasteiger partial charge in [0.1, 0.15) is 5.84 Å². The van der Waals surface area contributed by atoms with Gasteiger partial charge in [0.15, 0.2) is 0 Å². The minimum absolute atomic E-state index is 0.0151. The van der Waals surface area contributed by atoms with E-state index in [4.69, 9.17) is 5.73 Å². The van der Waals surface area contributed by atoms with Crippen molar-refractivity contribution in [3.8, 4) is 0 Å². The summed E-state index contributed by atoms with van der Waals surface area (Å²) < 4.78 is 4.55. The average Bonchev–Trinajstić information content (AvgIpc) is 2.30. The van der Waals surface area contributed by atoms with Crippen molar-refractivity contribution in [1.29, 1.82) is 0 Å². The molecule has 0 saturated carbocycles. The first kappa shape index (κ1) is 8.51. The first-order chi connectivity index (χ1) is 5.65. The molecule has 0 aromatic carbocycles. The van der Waals surface area contributed by atoms with Crippen molar-refractivity contribution in [2.45, 2.75) is 13.3 Å². The molecule has 2 N–H and O–H groups in total. The van der Waals surface area contributed by atoms with E-state index in [1.807, 2.05) is 0 Å². The summed E-state index contributed by atoms with van der Waals surface area (Å²) >= 11 is 0. The average molecular weight is 171 g/mol. The van der Waals surface area contributed by atoms with Gasteiger partial charge in [-0.3, -0.25) is 4.79 Å². The van der Waals surface area contributed by atoms with Gasteiger partial charge in [-0.15, -0.1) is 10.1 Å². The van der Waals surface area contributed by atoms with Crippen molar-refractivity contribution in [2.24, 2.45) is 10.8 Å². The van der Waals surface area contributed by atoms with E-state index in [0.29, 0.717) is 5.01 Å². The first-order valence-electron chi connectivity index (χ1n) is 3.47. The molecular weight excluding hydrogens is 162 g/mol. The molecule has 1 heterocycles. The predicted octanol–water partition coefficient (Wildman–Crippen LogP) is -0.353. The van der Waals surface area contributed by atoms with Gasteiger partial charge in [0.05, 0.1) is 13.0 Å². The van der Waals surface area contributed by atoms with Crippen LogP contribution in [0.2, 0.25) is 0 Å². The summed E-state index contributed by atoms with van der Waals surface area (Å²) in [6.45, 7) is 1.85. The van der Waals surface area contributed by atoms with Crippen LogP contribution in [0.5, 0.6) is 0 Å². The molecular formula is C6H9N3O3. The van der Waals surface area contributed by atoms with Crippen molar-refractivity contribution in [2.75, 3.05) is 6.61 Å². The molecule has 0 atom stereocenters. The topological polar surface area (TPSA) is 85.0 Å². The monoisotopic (exact) mass is 171 g/mol. The summed E-state index contributed by atoms with van der Waals surface area (Å²) in [7, 11) is 0. The summed E-state index contributed by atoms with van der Waals surface area (Å²) in [5.74, 6) is -0.320. The summed E-state index contributed by atoms with van der Waals surface area (Å²) in [6, 6.07) is 0. The number of carbonyl (C=O) groups is 2. The van der Waals surface area contributed by atoms with E-state index in [1.54, 1.807) is 6.92 Å². The summed E-state index contributed by atoms with van der Waals surface area (Å²) in [5.41, 5.74) is 5.23. The van der Waals surface area contributed by atoms with Gasteiger partial charge in [-0.05, 0) is 6.92 Å². The van der Waals surface area contributed by atoms with Gasteiger partial charge in [-0.2, -0.15) is 0 Å². The maximum absolute atomic E-state index is 10.9. The number of nitrogens with two attached hydrogens (primary N) is 1. The Kier molecular flexibility index (Phi) is 2.27. The van der Waals surface area contributed by atoms with Crippen LogP contribution in [0.1, 0.15) is 13.3 Å². The normalized spacial score (nSPS) is 16.2. The van der Waals surface area contributed by atoms with Crippen LogP contribution >= 0.6 is 0 Å². The third kappa shape index (κ3) is 1.52. The van der Waals surface area contributed by atoms with Crippen LogP contribution in [0, 0.1) is 0 Å². The van der Waals surface area contributed by atoms with Crippen molar-refractivity contribution >= 4 is 17.8 Å². The van der Waals surface area contributed by atoms with Crippen molar-refractivity contribution < 1.29 is 14.3 Å². The van der Waals surface area contributed by atoms with Gasteiger partial charge in [0, 0.05) is 0 Å². The minimum atomic E-state index is -0.775. The maximum atomic E-state index is 10.9. The molecule has 0 radical (unpaired) electrons. The number of carbonyl (C=O) groups excluding carboxylic acids is 2. The lowest BCUT2D eigenvalue weighted by Gasteiger charge is -2.07. The maximum Gasteiger partial charge on any atom is 0.437 e. The molecule has 0 aliphatic carbocycles. The molecule has 6 heteroatoms. The molecule has 0 fully saturated rings. The number of hydrazone groups is 1. The van der Waals surface area contributed by atoms with Crippen LogP contribution < -0.4 is 5.73 Å². The van der Waals surface area contributed by atoms with E-state index in [-0.39, 0.29) is 18.9 Å². The zero-order chi connectivity index (χ0) is 9.14. The number of hydrogen-bond donors (Lipinski definition) is 1. The fourth-order valence-electron chi connectivity index (χ4n) is 0.777. The smallest absolute Gasteiger partial charge is 0.437 e. The summed E-state index contributed by atoms with van der Waals surface area (Å²) in [5, 5.41) is 4.13. The van der Waals surface area contributed by atoms with Crippen LogP contribution in [-0.4, -0.2) is 29.5 Å². The van der Waals surface area contributed by atoms with Gasteiger partial charge in [-0.1, -0.05) is 0 Å². The van der Waals surface area contributed by atoms with E-state index in [0.717, 1.165) is 0 Å². The Morgan fingerprint density at radius 3 is 2.92 bits per heavy atom. The van der Waals surface area contributed by atoms with Crippen LogP contribution in [0.4, 0.5) is 4.79 Å². The zero-order valence-corrected chi connectivity index (χ0v) is 6.61. The highest BCUT2D eigenvalue weighted by molar-refractivity contribution is 6.08. The Balaban J connectivity index is 2.63. The largest absolute Gasteiger partial charge is 0.448 e. The van der Waals surface area contributed by atoms with Gasteiger partial charge < -0.3 is 10.5 Å². The summed E-state index contributed by atoms with van der Waals surface area (Å²) in [4.78, 5) is 21.9. The zero-order valence-electron chi connectivity index (χ0n) is 6.61. The third-order valence-corrected chi connectivity index (χ3v) is 1.24. The highest BCUT2D eigenvalue weighted by Gasteiger charge is 2.28. The molecule has 1 aliphatic rings. The number of rotatable bonds is 1. The fourth-order valence-corrected chi connectivity index (χ4v) is 0.777. The number of amidine groups is 1. The molecule has 2 amide bonds. The Morgan fingerprint density at radius 1 is 1.83 bits per heavy atom. The van der Waals surface area contributed by atoms with Crippen molar-refractivity contribution in [1.82, 2.24) is 5.01 Å². The Labute approximate surface area is 69.0 Å². The molecule has 66 valence electrons. The van der Waals surface area contributed by atoms with E-state index >= 15 is 0 Å². The molecule has 0 bridgehead atoms. The van der Waals surface area contributed by atoms with Gasteiger partial charge in [0.2, 0.25) is 0 Å². The van der Waals surface area contributed by atoms with Crippen LogP contribution in [0.15, 0.2) is 5.10 Å². The van der Waals surface area contributed by atoms with Crippen molar-refractivity contribution in [3.63, 3.8) is 0 Å². The Bertz CT molecular complexity index is 248. The predicted molar refractivity (Wildman–Crippen MR) is 40.1 cm³/mol. The van der Waals surface area contributed by atoms with Gasteiger partial charge in [-0.25, -0.2) is 4.79 Å². The van der Waals surface area contributed by atoms with E-state index in [1.165, 1.54) is 0 Å². The standard InChI is InChI=1S/C6H9N3O3/c1-2-12-6(11)9-5(10)3-4(7)8-9/h2-3H2,1H3,(H2,7,8). The molecule has 12 heavy (non-hydrogen) atoms. The minimum Gasteiger partial charge on any atom is -0.448 e. The number of hydrogen-bond acceptors (Lipinski definition) is 5. The first-order valence-corrected chi connectivity index (χ1v) is 3.47. The summed E-state index contributed by atoms with van der Waals surface area (Å²) in [6.07, 6.45) is -0.790. The second-order valence-corrected chi connectivity index (χ2v) is 2.17. The number of nitrogens with zero attached hydrogens (tertiary/aromatic N) is 2. The van der Waals surface area contributed by atoms with Crippen LogP contribution in [-0.2, 0) is 9.53 Å². The van der Waals surface area contributed by atoms with E-state index in [2.05, 4.69) is 9.84 Å². The lowest BCUT2D eigenvalue weighted by atomic mass is 10.4. The fraction of sp³-hybridized carbons (Fsp3) is 0.500. The molecule has 0 aromatic rings. The SMILES string of the molecule is CCOC(=O)N1N=C(N)CC1=O. The second kappa shape index (κ2) is 3.21. The second-order valence-electron chi connectivity index (χ2n) is 2.17. The number of amides is 2. The highest BCUT2D eigenvalue weighted by Crippen LogP contribution is 2.06. The quantitative estimate of drug-likeness (QED) is 0.584. The lowest BCUT2D eigenvalue weighted by Crippen LogP contribution is -2.28. The Hall–Kier alpha value is -1.59. The molecule has 1 rings (SSSR count). The number of imide groups is 1. The van der Waals surface area contributed by atoms with Crippen LogP contribution in [0.25, 0.3) is 0 Å². The highest BCUT2D eigenvalue weighted by atomic mass is 16.6. The molecule has 1 aliphatic heterocycles. The van der Waals surface area contributed by atoms with Gasteiger partial charge >= 0.3 is 6.09 Å². The third-order valence-electron chi connectivity index (χ3n) is 1.24.